The molecule has 0 bridgehead atoms. The Hall–Kier alpha value is -0.570. The van der Waals surface area contributed by atoms with Crippen LogP contribution in [0, 0.1) is 5.92 Å². The van der Waals surface area contributed by atoms with E-state index in [1.807, 2.05) is 0 Å². The lowest BCUT2D eigenvalue weighted by Gasteiger charge is -2.13. The molecule has 0 aromatic rings. The Morgan fingerprint density at radius 2 is 1.42 bits per heavy atom. The van der Waals surface area contributed by atoms with Crippen LogP contribution in [0.2, 0.25) is 0 Å². The second-order valence-corrected chi connectivity index (χ2v) is 5.60. The molecule has 3 nitrogen and oxygen atoms in total. The van der Waals surface area contributed by atoms with E-state index in [-0.39, 0.29) is 0 Å². The van der Waals surface area contributed by atoms with Crippen LogP contribution < -0.4 is 0 Å². The monoisotopic (exact) mass is 272 g/mol. The average Bonchev–Trinajstić information content (AvgIpc) is 2.39. The Morgan fingerprint density at radius 1 is 0.895 bits per heavy atom. The van der Waals surface area contributed by atoms with Crippen LogP contribution in [0.4, 0.5) is 0 Å². The fourth-order valence-corrected chi connectivity index (χ4v) is 2.43. The summed E-state index contributed by atoms with van der Waals surface area (Å²) in [5.74, 6) is -0.205. The highest BCUT2D eigenvalue weighted by atomic mass is 16.4. The molecule has 0 aromatic carbocycles. The first kappa shape index (κ1) is 18.4. The molecule has 0 radical (unpaired) electrons. The third-order valence-corrected chi connectivity index (χ3v) is 3.73. The number of aliphatic hydroxyl groups excluding tert-OH is 1. The molecule has 1 unspecified atom stereocenters. The maximum Gasteiger partial charge on any atom is 0.303 e. The SMILES string of the molecule is CCCCCCC(CO)CCCCCCCC(=O)O. The molecule has 114 valence electrons. The Bertz CT molecular complexity index is 204. The Labute approximate surface area is 118 Å². The van der Waals surface area contributed by atoms with Gasteiger partial charge < -0.3 is 10.2 Å². The van der Waals surface area contributed by atoms with Crippen LogP contribution in [0.15, 0.2) is 0 Å². The van der Waals surface area contributed by atoms with E-state index >= 15 is 0 Å². The average molecular weight is 272 g/mol. The van der Waals surface area contributed by atoms with Crippen molar-refractivity contribution in [2.75, 3.05) is 6.61 Å². The van der Waals surface area contributed by atoms with Gasteiger partial charge in [0.15, 0.2) is 0 Å². The number of aliphatic hydroxyl groups is 1. The zero-order chi connectivity index (χ0) is 14.3. The summed E-state index contributed by atoms with van der Waals surface area (Å²) in [7, 11) is 0. The summed E-state index contributed by atoms with van der Waals surface area (Å²) >= 11 is 0. The lowest BCUT2D eigenvalue weighted by atomic mass is 9.95. The highest BCUT2D eigenvalue weighted by Crippen LogP contribution is 2.18. The van der Waals surface area contributed by atoms with Gasteiger partial charge in [-0.05, 0) is 25.2 Å². The van der Waals surface area contributed by atoms with Gasteiger partial charge in [0.25, 0.3) is 0 Å². The highest BCUT2D eigenvalue weighted by Gasteiger charge is 2.06. The molecule has 0 spiro atoms. The summed E-state index contributed by atoms with van der Waals surface area (Å²) in [6.45, 7) is 2.54. The van der Waals surface area contributed by atoms with Gasteiger partial charge in [0, 0.05) is 13.0 Å². The Morgan fingerprint density at radius 3 is 1.95 bits per heavy atom. The van der Waals surface area contributed by atoms with Gasteiger partial charge in [-0.3, -0.25) is 4.79 Å². The van der Waals surface area contributed by atoms with Gasteiger partial charge in [0.05, 0.1) is 0 Å². The first-order valence-electron chi connectivity index (χ1n) is 8.03. The van der Waals surface area contributed by atoms with Crippen LogP contribution >= 0.6 is 0 Å². The van der Waals surface area contributed by atoms with Gasteiger partial charge in [-0.15, -0.1) is 0 Å². The summed E-state index contributed by atoms with van der Waals surface area (Å²) in [4.78, 5) is 10.3. The molecule has 1 atom stereocenters. The zero-order valence-corrected chi connectivity index (χ0v) is 12.6. The molecule has 19 heavy (non-hydrogen) atoms. The van der Waals surface area contributed by atoms with E-state index in [1.54, 1.807) is 0 Å². The molecule has 0 aliphatic heterocycles. The molecule has 0 aliphatic rings. The summed E-state index contributed by atoms with van der Waals surface area (Å²) in [5, 5.41) is 17.8. The van der Waals surface area contributed by atoms with Crippen molar-refractivity contribution >= 4 is 5.97 Å². The van der Waals surface area contributed by atoms with Crippen LogP contribution in [-0.4, -0.2) is 22.8 Å². The summed E-state index contributed by atoms with van der Waals surface area (Å²) in [6, 6.07) is 0. The third kappa shape index (κ3) is 13.7. The van der Waals surface area contributed by atoms with Gasteiger partial charge in [-0.1, -0.05) is 58.3 Å². The maximum absolute atomic E-state index is 10.3. The van der Waals surface area contributed by atoms with Crippen LogP contribution in [0.3, 0.4) is 0 Å². The van der Waals surface area contributed by atoms with Crippen LogP contribution in [-0.2, 0) is 4.79 Å². The van der Waals surface area contributed by atoms with E-state index in [4.69, 9.17) is 5.11 Å². The first-order valence-corrected chi connectivity index (χ1v) is 8.03. The molecular weight excluding hydrogens is 240 g/mol. The van der Waals surface area contributed by atoms with E-state index in [0.29, 0.717) is 18.9 Å². The lowest BCUT2D eigenvalue weighted by Crippen LogP contribution is -2.06. The van der Waals surface area contributed by atoms with E-state index < -0.39 is 5.97 Å². The van der Waals surface area contributed by atoms with Crippen molar-refractivity contribution in [2.24, 2.45) is 5.92 Å². The molecule has 0 rings (SSSR count). The fourth-order valence-electron chi connectivity index (χ4n) is 2.43. The minimum absolute atomic E-state index is 0.302. The lowest BCUT2D eigenvalue weighted by molar-refractivity contribution is -0.137. The fraction of sp³-hybridized carbons (Fsp3) is 0.938. The van der Waals surface area contributed by atoms with E-state index in [0.717, 1.165) is 32.1 Å². The van der Waals surface area contributed by atoms with Gasteiger partial charge in [0.2, 0.25) is 0 Å². The largest absolute Gasteiger partial charge is 0.481 e. The molecule has 3 heteroatoms. The standard InChI is InChI=1S/C16H32O3/c1-2-3-4-8-11-15(14-17)12-9-6-5-7-10-13-16(18)19/h15,17H,2-14H2,1H3,(H,18,19). The van der Waals surface area contributed by atoms with Crippen molar-refractivity contribution < 1.29 is 15.0 Å². The Balaban J connectivity index is 3.33. The molecule has 0 amide bonds. The van der Waals surface area contributed by atoms with Crippen molar-refractivity contribution in [2.45, 2.75) is 84.0 Å². The second kappa shape index (κ2) is 13.9. The van der Waals surface area contributed by atoms with Crippen molar-refractivity contribution in [3.05, 3.63) is 0 Å². The molecule has 2 N–H and O–H groups in total. The number of carboxylic acids is 1. The minimum Gasteiger partial charge on any atom is -0.481 e. The number of rotatable bonds is 14. The Kier molecular flexibility index (Phi) is 13.4. The molecular formula is C16H32O3. The van der Waals surface area contributed by atoms with Crippen molar-refractivity contribution in [3.8, 4) is 0 Å². The van der Waals surface area contributed by atoms with E-state index in [2.05, 4.69) is 6.92 Å². The molecule has 0 fully saturated rings. The van der Waals surface area contributed by atoms with Gasteiger partial charge in [0.1, 0.15) is 0 Å². The normalized spacial score (nSPS) is 12.5. The number of hydrogen-bond donors (Lipinski definition) is 2. The minimum atomic E-state index is -0.688. The summed E-state index contributed by atoms with van der Waals surface area (Å²) in [5.41, 5.74) is 0. The topological polar surface area (TPSA) is 57.5 Å². The van der Waals surface area contributed by atoms with Crippen molar-refractivity contribution in [3.63, 3.8) is 0 Å². The molecule has 0 aliphatic carbocycles. The first-order chi connectivity index (χ1) is 9.20. The van der Waals surface area contributed by atoms with E-state index in [1.165, 1.54) is 38.5 Å². The van der Waals surface area contributed by atoms with Gasteiger partial charge in [-0.2, -0.15) is 0 Å². The van der Waals surface area contributed by atoms with Crippen molar-refractivity contribution in [1.82, 2.24) is 0 Å². The number of carboxylic acid groups (broad SMARTS) is 1. The van der Waals surface area contributed by atoms with Gasteiger partial charge in [-0.25, -0.2) is 0 Å². The van der Waals surface area contributed by atoms with Crippen LogP contribution in [0.1, 0.15) is 84.0 Å². The maximum atomic E-state index is 10.3. The highest BCUT2D eigenvalue weighted by molar-refractivity contribution is 5.66. The number of unbranched alkanes of at least 4 members (excludes halogenated alkanes) is 7. The molecule has 0 aromatic heterocycles. The van der Waals surface area contributed by atoms with Gasteiger partial charge >= 0.3 is 5.97 Å². The zero-order valence-electron chi connectivity index (χ0n) is 12.6. The second-order valence-electron chi connectivity index (χ2n) is 5.60. The number of hydrogen-bond acceptors (Lipinski definition) is 2. The third-order valence-electron chi connectivity index (χ3n) is 3.73. The van der Waals surface area contributed by atoms with Crippen molar-refractivity contribution in [1.29, 1.82) is 0 Å². The molecule has 0 saturated carbocycles. The molecule has 0 heterocycles. The number of aliphatic carboxylic acids is 1. The summed E-state index contributed by atoms with van der Waals surface area (Å²) in [6.07, 6.45) is 13.0. The quantitative estimate of drug-likeness (QED) is 0.461. The number of carbonyl (C=O) groups is 1. The van der Waals surface area contributed by atoms with Crippen LogP contribution in [0.5, 0.6) is 0 Å². The summed E-state index contributed by atoms with van der Waals surface area (Å²) < 4.78 is 0. The van der Waals surface area contributed by atoms with Crippen LogP contribution in [0.25, 0.3) is 0 Å². The van der Waals surface area contributed by atoms with E-state index in [9.17, 15) is 9.90 Å². The smallest absolute Gasteiger partial charge is 0.303 e. The predicted molar refractivity (Wildman–Crippen MR) is 79.3 cm³/mol. The molecule has 0 saturated heterocycles. The predicted octanol–water partition coefficient (Wildman–Crippen LogP) is 4.38.